The zero-order chi connectivity index (χ0) is 19.1. The van der Waals surface area contributed by atoms with E-state index in [9.17, 15) is 14.4 Å². The number of carbonyl (C=O) groups excluding carboxylic acids is 3. The summed E-state index contributed by atoms with van der Waals surface area (Å²) in [6, 6.07) is 13.2. The predicted molar refractivity (Wildman–Crippen MR) is 105 cm³/mol. The van der Waals surface area contributed by atoms with Crippen LogP contribution in [0.4, 0.5) is 0 Å². The molecule has 2 atom stereocenters. The fourth-order valence-corrected chi connectivity index (χ4v) is 4.99. The summed E-state index contributed by atoms with van der Waals surface area (Å²) in [5, 5.41) is 0.439. The molecule has 0 radical (unpaired) electrons. The number of benzene rings is 2. The highest BCUT2D eigenvalue weighted by atomic mass is 35.5. The molecule has 4 rings (SSSR count). The lowest BCUT2D eigenvalue weighted by atomic mass is 10.1. The van der Waals surface area contributed by atoms with Gasteiger partial charge in [-0.05, 0) is 36.8 Å². The molecular weight excluding hydrogens is 384 g/mol. The van der Waals surface area contributed by atoms with Crippen LogP contribution in [0.5, 0.6) is 0 Å². The SMILES string of the molecule is CC(C(=O)N1CCSC1c1cccc(Cl)c1)N1C(=O)c2ccccc2C1=O. The van der Waals surface area contributed by atoms with Crippen LogP contribution in [0.1, 0.15) is 38.6 Å². The van der Waals surface area contributed by atoms with Crippen molar-refractivity contribution in [1.29, 1.82) is 0 Å². The minimum absolute atomic E-state index is 0.172. The normalized spacial score (nSPS) is 20.1. The standard InChI is InChI=1S/C20H17ClN2O3S/c1-12(23-18(25)15-7-2-3-8-16(15)19(23)26)17(24)22-9-10-27-20(22)13-5-4-6-14(21)11-13/h2-8,11-12,20H,9-10H2,1H3. The van der Waals surface area contributed by atoms with Crippen molar-refractivity contribution < 1.29 is 14.4 Å². The van der Waals surface area contributed by atoms with Crippen LogP contribution in [0.15, 0.2) is 48.5 Å². The predicted octanol–water partition coefficient (Wildman–Crippen LogP) is 3.60. The van der Waals surface area contributed by atoms with Crippen molar-refractivity contribution in [2.24, 2.45) is 0 Å². The number of hydrogen-bond acceptors (Lipinski definition) is 4. The number of carbonyl (C=O) groups is 3. The van der Waals surface area contributed by atoms with E-state index in [1.807, 2.05) is 18.2 Å². The number of fused-ring (bicyclic) bond motifs is 1. The highest BCUT2D eigenvalue weighted by Crippen LogP contribution is 2.39. The Morgan fingerprint density at radius 3 is 2.41 bits per heavy atom. The van der Waals surface area contributed by atoms with Crippen LogP contribution >= 0.6 is 23.4 Å². The average molecular weight is 401 g/mol. The van der Waals surface area contributed by atoms with E-state index < -0.39 is 17.9 Å². The number of nitrogens with zero attached hydrogens (tertiary/aromatic N) is 2. The van der Waals surface area contributed by atoms with Crippen molar-refractivity contribution in [3.63, 3.8) is 0 Å². The van der Waals surface area contributed by atoms with E-state index in [1.54, 1.807) is 53.9 Å². The molecule has 2 aromatic rings. The van der Waals surface area contributed by atoms with Crippen LogP contribution in [0, 0.1) is 0 Å². The number of imide groups is 1. The van der Waals surface area contributed by atoms with E-state index in [1.165, 1.54) is 0 Å². The van der Waals surface area contributed by atoms with E-state index in [0.29, 0.717) is 22.7 Å². The van der Waals surface area contributed by atoms with Gasteiger partial charge in [0, 0.05) is 17.3 Å². The highest BCUT2D eigenvalue weighted by Gasteiger charge is 2.43. The Bertz CT molecular complexity index is 913. The lowest BCUT2D eigenvalue weighted by molar-refractivity contribution is -0.135. The molecule has 0 saturated carbocycles. The number of hydrogen-bond donors (Lipinski definition) is 0. The van der Waals surface area contributed by atoms with Gasteiger partial charge in [0.1, 0.15) is 11.4 Å². The number of halogens is 1. The van der Waals surface area contributed by atoms with Gasteiger partial charge in [-0.25, -0.2) is 0 Å². The highest BCUT2D eigenvalue weighted by molar-refractivity contribution is 7.99. The van der Waals surface area contributed by atoms with Crippen molar-refractivity contribution in [2.45, 2.75) is 18.3 Å². The molecule has 3 amide bonds. The molecule has 2 aromatic carbocycles. The largest absolute Gasteiger partial charge is 0.324 e. The zero-order valence-corrected chi connectivity index (χ0v) is 16.2. The topological polar surface area (TPSA) is 57.7 Å². The van der Waals surface area contributed by atoms with Crippen molar-refractivity contribution >= 4 is 41.1 Å². The molecule has 1 saturated heterocycles. The quantitative estimate of drug-likeness (QED) is 0.739. The van der Waals surface area contributed by atoms with E-state index in [2.05, 4.69) is 0 Å². The van der Waals surface area contributed by atoms with Crippen LogP contribution in [0.3, 0.4) is 0 Å². The average Bonchev–Trinajstić information content (AvgIpc) is 3.25. The molecule has 2 heterocycles. The summed E-state index contributed by atoms with van der Waals surface area (Å²) in [5.41, 5.74) is 1.64. The van der Waals surface area contributed by atoms with Gasteiger partial charge in [-0.1, -0.05) is 35.9 Å². The molecule has 2 unspecified atom stereocenters. The van der Waals surface area contributed by atoms with Gasteiger partial charge in [-0.3, -0.25) is 19.3 Å². The lowest BCUT2D eigenvalue weighted by Crippen LogP contribution is -2.49. The molecular formula is C20H17ClN2O3S. The van der Waals surface area contributed by atoms with Gasteiger partial charge < -0.3 is 4.90 Å². The first-order valence-electron chi connectivity index (χ1n) is 8.63. The van der Waals surface area contributed by atoms with Gasteiger partial charge in [0.15, 0.2) is 0 Å². The molecule has 7 heteroatoms. The maximum Gasteiger partial charge on any atom is 0.262 e. The number of rotatable bonds is 3. The van der Waals surface area contributed by atoms with Crippen LogP contribution in [0.2, 0.25) is 5.02 Å². The molecule has 0 spiro atoms. The molecule has 2 aliphatic heterocycles. The van der Waals surface area contributed by atoms with Crippen molar-refractivity contribution in [3.8, 4) is 0 Å². The van der Waals surface area contributed by atoms with Crippen LogP contribution in [-0.4, -0.2) is 45.9 Å². The van der Waals surface area contributed by atoms with Gasteiger partial charge in [-0.15, -0.1) is 11.8 Å². The molecule has 0 N–H and O–H groups in total. The molecule has 0 aliphatic carbocycles. The van der Waals surface area contributed by atoms with E-state index in [4.69, 9.17) is 11.6 Å². The van der Waals surface area contributed by atoms with Gasteiger partial charge in [-0.2, -0.15) is 0 Å². The van der Waals surface area contributed by atoms with E-state index >= 15 is 0 Å². The van der Waals surface area contributed by atoms with E-state index in [0.717, 1.165) is 16.2 Å². The summed E-state index contributed by atoms with van der Waals surface area (Å²) in [4.78, 5) is 41.3. The number of thioether (sulfide) groups is 1. The van der Waals surface area contributed by atoms with Gasteiger partial charge >= 0.3 is 0 Å². The smallest absolute Gasteiger partial charge is 0.262 e. The molecule has 138 valence electrons. The second-order valence-corrected chi connectivity index (χ2v) is 8.14. The summed E-state index contributed by atoms with van der Waals surface area (Å²) in [6.45, 7) is 2.18. The first-order valence-corrected chi connectivity index (χ1v) is 10.1. The minimum Gasteiger partial charge on any atom is -0.324 e. The van der Waals surface area contributed by atoms with Crippen molar-refractivity contribution in [2.75, 3.05) is 12.3 Å². The molecule has 2 aliphatic rings. The van der Waals surface area contributed by atoms with Crippen LogP contribution in [-0.2, 0) is 4.79 Å². The Morgan fingerprint density at radius 1 is 1.11 bits per heavy atom. The third kappa shape index (κ3) is 3.03. The Hall–Kier alpha value is -2.31. The molecule has 5 nitrogen and oxygen atoms in total. The molecule has 0 aromatic heterocycles. The van der Waals surface area contributed by atoms with Crippen molar-refractivity contribution in [1.82, 2.24) is 9.80 Å². The fourth-order valence-electron chi connectivity index (χ4n) is 3.54. The van der Waals surface area contributed by atoms with Crippen LogP contribution in [0.25, 0.3) is 0 Å². The number of amides is 3. The summed E-state index contributed by atoms with van der Waals surface area (Å²) < 4.78 is 0. The van der Waals surface area contributed by atoms with Gasteiger partial charge in [0.2, 0.25) is 5.91 Å². The molecule has 27 heavy (non-hydrogen) atoms. The fraction of sp³-hybridized carbons (Fsp3) is 0.250. The maximum atomic E-state index is 13.2. The third-order valence-corrected chi connectivity index (χ3v) is 6.37. The van der Waals surface area contributed by atoms with Gasteiger partial charge in [0.25, 0.3) is 11.8 Å². The first kappa shape index (κ1) is 18.1. The maximum absolute atomic E-state index is 13.2. The molecule has 1 fully saturated rings. The first-order chi connectivity index (χ1) is 13.0. The summed E-state index contributed by atoms with van der Waals surface area (Å²) in [7, 11) is 0. The van der Waals surface area contributed by atoms with Gasteiger partial charge in [0.05, 0.1) is 11.1 Å². The minimum atomic E-state index is -0.863. The Morgan fingerprint density at radius 2 is 1.78 bits per heavy atom. The molecule has 0 bridgehead atoms. The Labute approximate surface area is 166 Å². The third-order valence-electron chi connectivity index (χ3n) is 4.88. The summed E-state index contributed by atoms with van der Waals surface area (Å²) in [6.07, 6.45) is 0. The van der Waals surface area contributed by atoms with Crippen molar-refractivity contribution in [3.05, 3.63) is 70.2 Å². The summed E-state index contributed by atoms with van der Waals surface area (Å²) >= 11 is 7.74. The Kier molecular flexibility index (Phi) is 4.70. The second kappa shape index (κ2) is 7.02. The monoisotopic (exact) mass is 400 g/mol. The zero-order valence-electron chi connectivity index (χ0n) is 14.6. The lowest BCUT2D eigenvalue weighted by Gasteiger charge is -2.30. The summed E-state index contributed by atoms with van der Waals surface area (Å²) in [5.74, 6) is -0.276. The Balaban J connectivity index is 1.59. The van der Waals surface area contributed by atoms with Crippen LogP contribution < -0.4 is 0 Å². The van der Waals surface area contributed by atoms with E-state index in [-0.39, 0.29) is 11.3 Å². The second-order valence-electron chi connectivity index (χ2n) is 6.51.